The van der Waals surface area contributed by atoms with Crippen molar-refractivity contribution in [3.63, 3.8) is 0 Å². The van der Waals surface area contributed by atoms with E-state index >= 15 is 0 Å². The monoisotopic (exact) mass is 828 g/mol. The van der Waals surface area contributed by atoms with Gasteiger partial charge in [-0.15, -0.1) is 0 Å². The second-order valence-electron chi connectivity index (χ2n) is 17.0. The number of Topliss-reactive ketones (excluding diaryl/α,β-unsaturated/α-hetero) is 1. The Kier molecular flexibility index (Phi) is 26.4. The number of aliphatic hydroxyl groups is 1. The second kappa shape index (κ2) is 29.3. The van der Waals surface area contributed by atoms with Crippen LogP contribution in [0.1, 0.15) is 162 Å². The number of nitrogens with zero attached hydrogens (tertiary/aromatic N) is 1. The van der Waals surface area contributed by atoms with Gasteiger partial charge in [0.1, 0.15) is 25.9 Å². The van der Waals surface area contributed by atoms with Crippen molar-refractivity contribution in [2.45, 2.75) is 186 Å². The molecule has 12 nitrogen and oxygen atoms in total. The Morgan fingerprint density at radius 1 is 0.842 bits per heavy atom. The van der Waals surface area contributed by atoms with Gasteiger partial charge in [-0.1, -0.05) is 122 Å². The van der Waals surface area contributed by atoms with Crippen LogP contribution < -0.4 is 4.89 Å². The summed E-state index contributed by atoms with van der Waals surface area (Å²) in [6.45, 7) is 3.90. The molecule has 0 aromatic carbocycles. The molecule has 1 aliphatic carbocycles. The minimum absolute atomic E-state index is 0.0284. The van der Waals surface area contributed by atoms with Gasteiger partial charge in [-0.25, -0.2) is 0 Å². The van der Waals surface area contributed by atoms with Gasteiger partial charge in [-0.2, -0.15) is 0 Å². The van der Waals surface area contributed by atoms with Crippen molar-refractivity contribution in [2.75, 3.05) is 47.5 Å². The largest absolute Gasteiger partial charge is 0.756 e. The smallest absolute Gasteiger partial charge is 0.306 e. The molecule has 57 heavy (non-hydrogen) atoms. The van der Waals surface area contributed by atoms with Crippen LogP contribution in [-0.4, -0.2) is 99.2 Å². The summed E-state index contributed by atoms with van der Waals surface area (Å²) in [5.41, 5.74) is 0.651. The molecule has 0 radical (unpaired) electrons. The van der Waals surface area contributed by atoms with Gasteiger partial charge >= 0.3 is 11.9 Å². The average Bonchev–Trinajstić information content (AvgIpc) is 3.83. The van der Waals surface area contributed by atoms with Gasteiger partial charge in [0.25, 0.3) is 7.82 Å². The van der Waals surface area contributed by atoms with Gasteiger partial charge in [-0.3, -0.25) is 18.9 Å². The van der Waals surface area contributed by atoms with E-state index in [1.807, 2.05) is 39.4 Å². The van der Waals surface area contributed by atoms with Crippen molar-refractivity contribution in [3.8, 4) is 0 Å². The number of likely N-dealkylation sites (N-methyl/N-ethyl adjacent to an activating group) is 1. The average molecular weight is 828 g/mol. The zero-order valence-corrected chi connectivity index (χ0v) is 37.0. The number of ketones is 1. The molecule has 0 amide bonds. The van der Waals surface area contributed by atoms with Gasteiger partial charge in [0.15, 0.2) is 11.9 Å². The topological polar surface area (TPSA) is 161 Å². The number of esters is 2. The molecule has 1 heterocycles. The Morgan fingerprint density at radius 3 is 2.07 bits per heavy atom. The lowest BCUT2D eigenvalue weighted by Crippen LogP contribution is -2.37. The van der Waals surface area contributed by atoms with Crippen LogP contribution >= 0.6 is 7.82 Å². The van der Waals surface area contributed by atoms with Gasteiger partial charge in [-0.05, 0) is 43.8 Å². The van der Waals surface area contributed by atoms with Crippen molar-refractivity contribution in [3.05, 3.63) is 23.8 Å². The van der Waals surface area contributed by atoms with Crippen molar-refractivity contribution in [1.29, 1.82) is 0 Å². The highest BCUT2D eigenvalue weighted by Crippen LogP contribution is 2.39. The highest BCUT2D eigenvalue weighted by Gasteiger charge is 2.41. The number of allylic oxidation sites excluding steroid dienone is 2. The summed E-state index contributed by atoms with van der Waals surface area (Å²) in [5.74, 6) is -1.31. The summed E-state index contributed by atoms with van der Waals surface area (Å²) >= 11 is 0. The van der Waals surface area contributed by atoms with Crippen LogP contribution in [-0.2, 0) is 42.2 Å². The van der Waals surface area contributed by atoms with E-state index < -0.39 is 38.6 Å². The van der Waals surface area contributed by atoms with E-state index in [1.165, 1.54) is 57.8 Å². The minimum atomic E-state index is -4.69. The zero-order valence-electron chi connectivity index (χ0n) is 36.1. The number of hydrogen-bond donors (Lipinski definition) is 1. The molecule has 0 aromatic rings. The third-order valence-electron chi connectivity index (χ3n) is 10.6. The molecule has 330 valence electrons. The van der Waals surface area contributed by atoms with Gasteiger partial charge in [0.05, 0.1) is 40.0 Å². The Bertz CT molecular complexity index is 1250. The van der Waals surface area contributed by atoms with Crippen LogP contribution in [0.25, 0.3) is 0 Å². The number of quaternary nitrogens is 1. The van der Waals surface area contributed by atoms with E-state index in [9.17, 15) is 28.9 Å². The minimum Gasteiger partial charge on any atom is -0.756 e. The van der Waals surface area contributed by atoms with Gasteiger partial charge < -0.3 is 37.7 Å². The van der Waals surface area contributed by atoms with Crippen molar-refractivity contribution < 1.29 is 56.7 Å². The Labute approximate surface area is 344 Å². The number of unbranched alkanes of at least 4 members (excludes halogenated alkanes) is 15. The molecule has 5 unspecified atom stereocenters. The number of aliphatic hydroxyl groups excluding tert-OH is 1. The summed E-state index contributed by atoms with van der Waals surface area (Å²) in [5, 5.41) is 10.6. The van der Waals surface area contributed by atoms with Crippen LogP contribution in [0.15, 0.2) is 23.8 Å². The number of ether oxygens (including phenoxy) is 3. The maximum absolute atomic E-state index is 12.8. The number of phosphoric ester groups is 1. The zero-order chi connectivity index (χ0) is 41.9. The molecule has 0 spiro atoms. The first kappa shape index (κ1) is 51.2. The fraction of sp³-hybridized carbons (Fsp3) is 0.841. The maximum atomic E-state index is 12.8. The highest BCUT2D eigenvalue weighted by molar-refractivity contribution is 7.45. The fourth-order valence-electron chi connectivity index (χ4n) is 6.94. The molecular formula is C44H78NO11P. The molecule has 2 fully saturated rings. The van der Waals surface area contributed by atoms with E-state index in [-0.39, 0.29) is 56.4 Å². The lowest BCUT2D eigenvalue weighted by Gasteiger charge is -2.28. The lowest BCUT2D eigenvalue weighted by atomic mass is 9.95. The predicted octanol–water partition coefficient (Wildman–Crippen LogP) is 8.47. The molecular weight excluding hydrogens is 749 g/mol. The number of hydrogen-bond acceptors (Lipinski definition) is 11. The van der Waals surface area contributed by atoms with Crippen LogP contribution in [0.4, 0.5) is 0 Å². The second-order valence-corrected chi connectivity index (χ2v) is 18.4. The van der Waals surface area contributed by atoms with E-state index in [0.717, 1.165) is 44.9 Å². The molecule has 1 saturated heterocycles. The molecule has 1 aliphatic heterocycles. The number of carbonyl (C=O) groups excluding carboxylic acids is 3. The fourth-order valence-corrected chi connectivity index (χ4v) is 7.67. The molecule has 2 rings (SSSR count). The van der Waals surface area contributed by atoms with Crippen molar-refractivity contribution >= 4 is 25.5 Å². The molecule has 1 N–H and O–H groups in total. The van der Waals surface area contributed by atoms with Crippen LogP contribution in [0, 0.1) is 5.92 Å². The van der Waals surface area contributed by atoms with Crippen LogP contribution in [0.3, 0.4) is 0 Å². The normalized spacial score (nSPS) is 21.9. The summed E-state index contributed by atoms with van der Waals surface area (Å²) in [4.78, 5) is 50.3. The van der Waals surface area contributed by atoms with Crippen LogP contribution in [0.5, 0.6) is 0 Å². The lowest BCUT2D eigenvalue weighted by molar-refractivity contribution is -0.870. The summed E-state index contributed by atoms with van der Waals surface area (Å²) in [6.07, 6.45) is 25.9. The standard InChI is InChI=1S/C44H78NO11P/c1-6-8-10-11-12-13-14-15-16-17-18-19-24-28-43(48)52-34-36(35-54-57(50,51)53-31-30-45(3,4)5)55-44(49)29-25-21-20-23-26-37-38(40(47)33-39(37)46)32-42-41(56-42)27-22-9-7-2/h20,23,32,36-37,39,41-42,46H,6-19,21-22,24-31,33-35H2,1-5H3/b23-20-,38-32-/t36-,37?,39?,41?,42?/m1/s1. The number of rotatable bonds is 35. The number of epoxide rings is 1. The molecule has 13 heteroatoms. The Hall–Kier alpha value is -1.92. The SMILES string of the molecule is CCCCCCCCCCCCCCCC(=O)OC[C@H](COP(=O)([O-])OCC[N+](C)(C)C)OC(=O)CCC/C=C\CC1/C(=C/C2OC2CCCCC)C(=O)CC1O. The van der Waals surface area contributed by atoms with E-state index in [2.05, 4.69) is 13.8 Å². The third-order valence-corrected chi connectivity index (χ3v) is 11.6. The quantitative estimate of drug-likeness (QED) is 0.0124. The maximum Gasteiger partial charge on any atom is 0.306 e. The van der Waals surface area contributed by atoms with E-state index in [1.54, 1.807) is 0 Å². The predicted molar refractivity (Wildman–Crippen MR) is 221 cm³/mol. The van der Waals surface area contributed by atoms with Crippen LogP contribution in [0.2, 0.25) is 0 Å². The Morgan fingerprint density at radius 2 is 1.44 bits per heavy atom. The van der Waals surface area contributed by atoms with Crippen molar-refractivity contribution in [1.82, 2.24) is 0 Å². The first-order valence-electron chi connectivity index (χ1n) is 22.2. The molecule has 2 aliphatic rings. The first-order valence-corrected chi connectivity index (χ1v) is 23.7. The molecule has 0 bridgehead atoms. The molecule has 0 aromatic heterocycles. The van der Waals surface area contributed by atoms with Gasteiger partial charge in [0, 0.05) is 25.2 Å². The number of phosphoric acid groups is 1. The summed E-state index contributed by atoms with van der Waals surface area (Å²) < 4.78 is 39.6. The Balaban J connectivity index is 1.75. The van der Waals surface area contributed by atoms with Gasteiger partial charge in [0.2, 0.25) is 0 Å². The third kappa shape index (κ3) is 25.3. The highest BCUT2D eigenvalue weighted by atomic mass is 31.2. The first-order chi connectivity index (χ1) is 27.2. The molecule has 1 saturated carbocycles. The molecule has 6 atom stereocenters. The van der Waals surface area contributed by atoms with E-state index in [0.29, 0.717) is 42.3 Å². The summed E-state index contributed by atoms with van der Waals surface area (Å²) in [7, 11) is 1.03. The van der Waals surface area contributed by atoms with Crippen molar-refractivity contribution in [2.24, 2.45) is 5.92 Å². The van der Waals surface area contributed by atoms with E-state index in [4.69, 9.17) is 23.3 Å². The number of carbonyl (C=O) groups is 3. The summed E-state index contributed by atoms with van der Waals surface area (Å²) in [6, 6.07) is 0.